The van der Waals surface area contributed by atoms with Crippen LogP contribution in [0.4, 0.5) is 34.1 Å². The summed E-state index contributed by atoms with van der Waals surface area (Å²) in [6.07, 6.45) is 0. The number of rotatable bonds is 9. The van der Waals surface area contributed by atoms with Gasteiger partial charge in [0.2, 0.25) is 0 Å². The largest absolute Gasteiger partial charge is 0.309 e. The molecule has 476 valence electrons. The van der Waals surface area contributed by atoms with Gasteiger partial charge in [0.25, 0.3) is 0 Å². The highest BCUT2D eigenvalue weighted by molar-refractivity contribution is 6.16. The molecule has 1 atom stereocenters. The number of hydrogen-bond acceptors (Lipinski definition) is 2. The molecule has 0 bridgehead atoms. The summed E-state index contributed by atoms with van der Waals surface area (Å²) in [5.74, 6) is -0.422. The van der Waals surface area contributed by atoms with Crippen molar-refractivity contribution in [2.45, 2.75) is 32.1 Å². The standard InChI is InChI=1S/C97H68N4/c1-97(2,3)68-59-91-94-92(60-68)101(95-72(62-27-8-4-9-28-62)40-24-41-73(95)63-29-10-5-11-30-63)90-61-70(99-85-46-21-18-37-78(85)79-38-19-22-47-86(79)99)52-55-83(90)93(94)82-54-50-67(66-51-56-88-84(57-66)80-39-20-23-48-87(80)98(88)69-34-14-7-15-35-69)58-89(82)100(91)96-74(64-31-12-6-13-32-64)42-25-45-81(96)76-44-26-43-75-71-36-17-16-33-65(71)49-53-77(75)76/h4-61,93H,1-3H3/i18D,19D,21D,22D,46D,47D. The van der Waals surface area contributed by atoms with Crippen molar-refractivity contribution in [1.29, 1.82) is 0 Å². The van der Waals surface area contributed by atoms with Crippen LogP contribution in [0.1, 0.15) is 57.2 Å². The van der Waals surface area contributed by atoms with E-state index in [-0.39, 0.29) is 36.3 Å². The number of hydrogen-bond donors (Lipinski definition) is 0. The average Bonchev–Trinajstić information content (AvgIpc) is 1.32. The van der Waals surface area contributed by atoms with Crippen LogP contribution in [0.2, 0.25) is 0 Å². The number of anilines is 6. The lowest BCUT2D eigenvalue weighted by Gasteiger charge is -2.47. The van der Waals surface area contributed by atoms with Gasteiger partial charge in [-0.05, 0) is 150 Å². The first-order valence-corrected chi connectivity index (χ1v) is 34.8. The molecule has 2 aliphatic heterocycles. The molecule has 0 amide bonds. The van der Waals surface area contributed by atoms with Crippen LogP contribution in [0, 0.1) is 0 Å². The van der Waals surface area contributed by atoms with Gasteiger partial charge in [-0.15, -0.1) is 0 Å². The van der Waals surface area contributed by atoms with Crippen LogP contribution in [-0.4, -0.2) is 9.13 Å². The van der Waals surface area contributed by atoms with Crippen molar-refractivity contribution in [1.82, 2.24) is 9.13 Å². The van der Waals surface area contributed by atoms with E-state index < -0.39 is 11.3 Å². The molecule has 2 aliphatic rings. The molecule has 20 rings (SSSR count). The summed E-state index contributed by atoms with van der Waals surface area (Å²) in [7, 11) is 0. The molecule has 4 heterocycles. The fourth-order valence-corrected chi connectivity index (χ4v) is 16.6. The second-order valence-electron chi connectivity index (χ2n) is 27.8. The normalized spacial score (nSPS) is 14.2. The van der Waals surface area contributed by atoms with E-state index in [4.69, 9.17) is 2.74 Å². The van der Waals surface area contributed by atoms with Gasteiger partial charge in [-0.2, -0.15) is 0 Å². The molecule has 0 saturated carbocycles. The van der Waals surface area contributed by atoms with E-state index in [0.29, 0.717) is 27.5 Å². The summed E-state index contributed by atoms with van der Waals surface area (Å²) < 4.78 is 60.2. The Kier molecular flexibility index (Phi) is 11.9. The molecular weight excluding hydrogens is 1220 g/mol. The van der Waals surface area contributed by atoms with Gasteiger partial charge in [-0.25, -0.2) is 0 Å². The summed E-state index contributed by atoms with van der Waals surface area (Å²) in [5.41, 5.74) is 24.8. The third kappa shape index (κ3) is 9.15. The maximum Gasteiger partial charge on any atom is 0.0645 e. The van der Waals surface area contributed by atoms with E-state index >= 15 is 0 Å². The topological polar surface area (TPSA) is 16.3 Å². The molecule has 4 nitrogen and oxygen atoms in total. The minimum atomic E-state index is -0.440. The lowest BCUT2D eigenvalue weighted by Crippen LogP contribution is -2.31. The van der Waals surface area contributed by atoms with Gasteiger partial charge in [0.15, 0.2) is 0 Å². The minimum Gasteiger partial charge on any atom is -0.309 e. The SMILES string of the molecule is [2H]c1cc2c3cc([2H])c([2H])c([2H])c3n(-c3ccc4c(c3)N(c3c(-c5ccccc5)cccc3-c3ccccc3)c3cc(C(C)(C)C)cc5c3C4c3ccc(-c4ccc6c(c4)c4ccccc4n6-c4ccccc4)cc3N5c3c(-c4ccccc4)cccc3-c3cccc4c3ccc3ccccc34)c2c([2H])c1[2H]. The Morgan fingerprint density at radius 3 is 1.40 bits per heavy atom. The monoisotopic (exact) mass is 1290 g/mol. The fourth-order valence-electron chi connectivity index (χ4n) is 16.6. The maximum atomic E-state index is 9.79. The van der Waals surface area contributed by atoms with Gasteiger partial charge >= 0.3 is 0 Å². The van der Waals surface area contributed by atoms with Crippen LogP contribution in [0.5, 0.6) is 0 Å². The van der Waals surface area contributed by atoms with Crippen molar-refractivity contribution >= 4 is 99.3 Å². The van der Waals surface area contributed by atoms with Crippen LogP contribution in [0.15, 0.2) is 352 Å². The molecule has 4 heteroatoms. The first-order valence-electron chi connectivity index (χ1n) is 37.8. The molecule has 0 N–H and O–H groups in total. The van der Waals surface area contributed by atoms with Crippen LogP contribution >= 0.6 is 0 Å². The van der Waals surface area contributed by atoms with E-state index in [0.717, 1.165) is 140 Å². The Balaban J connectivity index is 0.946. The molecule has 16 aromatic carbocycles. The lowest BCUT2D eigenvalue weighted by molar-refractivity contribution is 0.590. The molecule has 0 saturated heterocycles. The van der Waals surface area contributed by atoms with Crippen molar-refractivity contribution in [3.63, 3.8) is 0 Å². The third-order valence-electron chi connectivity index (χ3n) is 21.2. The van der Waals surface area contributed by atoms with E-state index in [1.807, 2.05) is 4.57 Å². The van der Waals surface area contributed by atoms with Gasteiger partial charge in [0, 0.05) is 66.7 Å². The van der Waals surface area contributed by atoms with Gasteiger partial charge < -0.3 is 18.9 Å². The minimum absolute atomic E-state index is 0.132. The van der Waals surface area contributed by atoms with Crippen molar-refractivity contribution in [3.05, 3.63) is 374 Å². The number of nitrogens with zero attached hydrogens (tertiary/aromatic N) is 4. The molecule has 2 aromatic heterocycles. The summed E-state index contributed by atoms with van der Waals surface area (Å²) in [6.45, 7) is 6.93. The van der Waals surface area contributed by atoms with Crippen molar-refractivity contribution < 1.29 is 8.22 Å². The number of aromatic nitrogens is 2. The zero-order valence-electron chi connectivity index (χ0n) is 61.9. The summed E-state index contributed by atoms with van der Waals surface area (Å²) >= 11 is 0. The number of fused-ring (bicyclic) bond motifs is 13. The molecule has 18 aromatic rings. The van der Waals surface area contributed by atoms with Gasteiger partial charge in [0.05, 0.1) is 64.4 Å². The third-order valence-corrected chi connectivity index (χ3v) is 21.2. The molecule has 101 heavy (non-hydrogen) atoms. The molecule has 0 radical (unpaired) electrons. The highest BCUT2D eigenvalue weighted by atomic mass is 15.2. The van der Waals surface area contributed by atoms with Crippen LogP contribution < -0.4 is 9.80 Å². The molecule has 0 spiro atoms. The molecule has 1 unspecified atom stereocenters. The summed E-state index contributed by atoms with van der Waals surface area (Å²) in [4.78, 5) is 5.13. The quantitative estimate of drug-likeness (QED) is 0.134. The summed E-state index contributed by atoms with van der Waals surface area (Å²) in [6, 6.07) is 113. The van der Waals surface area contributed by atoms with Crippen LogP contribution in [0.3, 0.4) is 0 Å². The Morgan fingerprint density at radius 1 is 0.287 bits per heavy atom. The Hall–Kier alpha value is -12.8. The van der Waals surface area contributed by atoms with E-state index in [2.05, 4.69) is 338 Å². The lowest BCUT2D eigenvalue weighted by atomic mass is 9.73. The van der Waals surface area contributed by atoms with Crippen molar-refractivity contribution in [3.8, 4) is 67.0 Å². The first kappa shape index (κ1) is 52.4. The zero-order valence-corrected chi connectivity index (χ0v) is 55.9. The van der Waals surface area contributed by atoms with Crippen molar-refractivity contribution in [2.24, 2.45) is 0 Å². The second kappa shape index (κ2) is 22.9. The number of benzene rings is 16. The second-order valence-corrected chi connectivity index (χ2v) is 27.8. The first-order chi connectivity index (χ1) is 52.2. The van der Waals surface area contributed by atoms with Crippen LogP contribution in [-0.2, 0) is 5.41 Å². The van der Waals surface area contributed by atoms with Crippen molar-refractivity contribution in [2.75, 3.05) is 9.80 Å². The Bertz CT molecular complexity index is 6630. The molecular formula is C97H68N4. The predicted molar refractivity (Wildman–Crippen MR) is 426 cm³/mol. The highest BCUT2D eigenvalue weighted by Crippen LogP contribution is 2.65. The summed E-state index contributed by atoms with van der Waals surface area (Å²) in [5, 5.41) is 7.96. The van der Waals surface area contributed by atoms with Crippen LogP contribution in [0.25, 0.3) is 132 Å². The predicted octanol–water partition coefficient (Wildman–Crippen LogP) is 26.6. The van der Waals surface area contributed by atoms with E-state index in [9.17, 15) is 5.48 Å². The number of para-hydroxylation sites is 6. The van der Waals surface area contributed by atoms with Gasteiger partial charge in [-0.1, -0.05) is 300 Å². The zero-order chi connectivity index (χ0) is 72.3. The van der Waals surface area contributed by atoms with E-state index in [1.165, 1.54) is 21.5 Å². The molecule has 0 fully saturated rings. The average molecular weight is 1300 g/mol. The van der Waals surface area contributed by atoms with E-state index in [1.54, 1.807) is 12.1 Å². The fraction of sp³-hybridized carbons (Fsp3) is 0.0515. The smallest absolute Gasteiger partial charge is 0.0645 e. The van der Waals surface area contributed by atoms with Gasteiger partial charge in [0.1, 0.15) is 0 Å². The molecule has 0 aliphatic carbocycles. The maximum absolute atomic E-state index is 9.79. The Morgan fingerprint density at radius 2 is 0.762 bits per heavy atom. The van der Waals surface area contributed by atoms with Gasteiger partial charge in [-0.3, -0.25) is 0 Å². The highest BCUT2D eigenvalue weighted by Gasteiger charge is 2.44. The Labute approximate surface area is 596 Å².